The first-order valence-corrected chi connectivity index (χ1v) is 10.4. The zero-order chi connectivity index (χ0) is 22.5. The summed E-state index contributed by atoms with van der Waals surface area (Å²) in [6.07, 6.45) is 2.59. The molecule has 0 spiro atoms. The van der Waals surface area contributed by atoms with Gasteiger partial charge < -0.3 is 9.84 Å². The van der Waals surface area contributed by atoms with Crippen LogP contribution in [-0.2, 0) is 17.8 Å². The Bertz CT molecular complexity index is 1200. The van der Waals surface area contributed by atoms with Gasteiger partial charge in [0.05, 0.1) is 19.4 Å². The van der Waals surface area contributed by atoms with Gasteiger partial charge in [-0.25, -0.2) is 9.78 Å². The lowest BCUT2D eigenvalue weighted by Gasteiger charge is -2.13. The molecule has 0 saturated heterocycles. The molecule has 0 fully saturated rings. The molecule has 164 valence electrons. The first-order chi connectivity index (χ1) is 15.7. The molecule has 0 radical (unpaired) electrons. The summed E-state index contributed by atoms with van der Waals surface area (Å²) in [7, 11) is 1.32. The number of nitrogens with zero attached hydrogens (tertiary/aromatic N) is 5. The third kappa shape index (κ3) is 4.02. The average molecular weight is 432 g/mol. The molecule has 0 atom stereocenters. The predicted octanol–water partition coefficient (Wildman–Crippen LogP) is 3.34. The van der Waals surface area contributed by atoms with Crippen LogP contribution < -0.4 is 0 Å². The number of aryl methyl sites for hydroxylation is 1. The summed E-state index contributed by atoms with van der Waals surface area (Å²) in [5.41, 5.74) is 4.12. The van der Waals surface area contributed by atoms with E-state index in [4.69, 9.17) is 4.74 Å². The number of H-pyrrole nitrogens is 1. The van der Waals surface area contributed by atoms with Gasteiger partial charge in [0, 0.05) is 17.7 Å². The topological polar surface area (TPSA) is 119 Å². The lowest BCUT2D eigenvalue weighted by atomic mass is 9.99. The second kappa shape index (κ2) is 9.52. The lowest BCUT2D eigenvalue weighted by molar-refractivity contribution is 0.0587. The fraction of sp³-hybridized carbons (Fsp3) is 0.261. The molecule has 0 unspecified atom stereocenters. The highest BCUT2D eigenvalue weighted by Gasteiger charge is 2.24. The average Bonchev–Trinajstić information content (AvgIpc) is 3.50. The number of hydrogen-bond donors (Lipinski definition) is 2. The van der Waals surface area contributed by atoms with E-state index < -0.39 is 5.97 Å². The van der Waals surface area contributed by atoms with Gasteiger partial charge in [0.25, 0.3) is 0 Å². The van der Waals surface area contributed by atoms with Crippen LogP contribution in [0.15, 0.2) is 48.5 Å². The summed E-state index contributed by atoms with van der Waals surface area (Å²) in [6, 6.07) is 15.6. The quantitative estimate of drug-likeness (QED) is 0.410. The number of aromatic amines is 1. The molecule has 0 aliphatic heterocycles. The molecule has 4 aromatic rings. The molecular formula is C23H24N6O3. The van der Waals surface area contributed by atoms with Gasteiger partial charge in [0.2, 0.25) is 5.82 Å². The molecule has 0 amide bonds. The van der Waals surface area contributed by atoms with Crippen LogP contribution in [0.25, 0.3) is 28.2 Å². The van der Waals surface area contributed by atoms with E-state index in [1.165, 1.54) is 7.11 Å². The monoisotopic (exact) mass is 432 g/mol. The Morgan fingerprint density at radius 3 is 2.50 bits per heavy atom. The maximum Gasteiger partial charge on any atom is 0.357 e. The van der Waals surface area contributed by atoms with Crippen LogP contribution >= 0.6 is 0 Å². The highest BCUT2D eigenvalue weighted by Crippen LogP contribution is 2.31. The Labute approximate surface area is 185 Å². The maximum atomic E-state index is 12.5. The SMILES string of the molecule is CCCCc1nc(CO)c(C(=O)OC)n1-c1ccc(-c2ccccc2-c2nn[nH]n2)cc1. The molecule has 2 aromatic heterocycles. The molecule has 0 bridgehead atoms. The van der Waals surface area contributed by atoms with E-state index in [1.54, 1.807) is 4.57 Å². The Morgan fingerprint density at radius 2 is 1.88 bits per heavy atom. The van der Waals surface area contributed by atoms with Gasteiger partial charge in [0.1, 0.15) is 5.82 Å². The molecule has 2 aromatic carbocycles. The fourth-order valence-corrected chi connectivity index (χ4v) is 3.71. The van der Waals surface area contributed by atoms with E-state index in [-0.39, 0.29) is 12.3 Å². The van der Waals surface area contributed by atoms with Crippen molar-refractivity contribution in [3.05, 3.63) is 65.7 Å². The molecular weight excluding hydrogens is 408 g/mol. The smallest absolute Gasteiger partial charge is 0.357 e. The number of aliphatic hydroxyl groups is 1. The zero-order valence-electron chi connectivity index (χ0n) is 17.9. The number of esters is 1. The van der Waals surface area contributed by atoms with Crippen molar-refractivity contribution in [3.8, 4) is 28.2 Å². The molecule has 2 N–H and O–H groups in total. The number of tetrazole rings is 1. The van der Waals surface area contributed by atoms with E-state index in [2.05, 4.69) is 32.5 Å². The van der Waals surface area contributed by atoms with Crippen LogP contribution in [0.1, 0.15) is 41.8 Å². The number of benzene rings is 2. The van der Waals surface area contributed by atoms with Crippen molar-refractivity contribution in [1.82, 2.24) is 30.2 Å². The fourth-order valence-electron chi connectivity index (χ4n) is 3.71. The Kier molecular flexibility index (Phi) is 6.37. The molecule has 9 heteroatoms. The number of rotatable bonds is 8. The minimum Gasteiger partial charge on any atom is -0.464 e. The Morgan fingerprint density at radius 1 is 1.12 bits per heavy atom. The molecule has 2 heterocycles. The van der Waals surface area contributed by atoms with Crippen molar-refractivity contribution >= 4 is 5.97 Å². The molecule has 0 aliphatic carbocycles. The van der Waals surface area contributed by atoms with Crippen molar-refractivity contribution < 1.29 is 14.6 Å². The van der Waals surface area contributed by atoms with E-state index >= 15 is 0 Å². The van der Waals surface area contributed by atoms with E-state index in [9.17, 15) is 9.90 Å². The van der Waals surface area contributed by atoms with Gasteiger partial charge in [-0.3, -0.25) is 4.57 Å². The predicted molar refractivity (Wildman–Crippen MR) is 118 cm³/mol. The number of hydrogen-bond acceptors (Lipinski definition) is 7. The van der Waals surface area contributed by atoms with Gasteiger partial charge in [-0.15, -0.1) is 10.2 Å². The number of methoxy groups -OCH3 is 1. The van der Waals surface area contributed by atoms with E-state index in [0.717, 1.165) is 41.0 Å². The first-order valence-electron chi connectivity index (χ1n) is 10.4. The van der Waals surface area contributed by atoms with E-state index in [1.807, 2.05) is 48.5 Å². The van der Waals surface area contributed by atoms with Crippen LogP contribution in [0.3, 0.4) is 0 Å². The zero-order valence-corrected chi connectivity index (χ0v) is 17.9. The van der Waals surface area contributed by atoms with Crippen molar-refractivity contribution in [3.63, 3.8) is 0 Å². The molecule has 9 nitrogen and oxygen atoms in total. The van der Waals surface area contributed by atoms with Gasteiger partial charge in [-0.1, -0.05) is 49.7 Å². The third-order valence-electron chi connectivity index (χ3n) is 5.25. The van der Waals surface area contributed by atoms with Crippen molar-refractivity contribution in [2.45, 2.75) is 32.8 Å². The third-order valence-corrected chi connectivity index (χ3v) is 5.25. The van der Waals surface area contributed by atoms with Gasteiger partial charge >= 0.3 is 5.97 Å². The number of aliphatic hydroxyl groups excluding tert-OH is 1. The maximum absolute atomic E-state index is 12.5. The van der Waals surface area contributed by atoms with Crippen molar-refractivity contribution in [1.29, 1.82) is 0 Å². The number of nitrogens with one attached hydrogen (secondary N) is 1. The summed E-state index contributed by atoms with van der Waals surface area (Å²) in [6.45, 7) is 1.75. The minimum absolute atomic E-state index is 0.251. The number of carbonyl (C=O) groups excluding carboxylic acids is 1. The Balaban J connectivity index is 1.79. The molecule has 0 saturated carbocycles. The largest absolute Gasteiger partial charge is 0.464 e. The van der Waals surface area contributed by atoms with E-state index in [0.29, 0.717) is 17.9 Å². The highest BCUT2D eigenvalue weighted by atomic mass is 16.5. The highest BCUT2D eigenvalue weighted by molar-refractivity contribution is 5.90. The summed E-state index contributed by atoms with van der Waals surface area (Å²) < 4.78 is 6.75. The molecule has 4 rings (SSSR count). The standard InChI is InChI=1S/C23H24N6O3/c1-3-4-9-20-24-19(14-30)21(23(31)32-2)29(20)16-12-10-15(11-13-16)17-7-5-6-8-18(17)22-25-27-28-26-22/h5-8,10-13,30H,3-4,9,14H2,1-2H3,(H,25,26,27,28). The van der Waals surface area contributed by atoms with Crippen LogP contribution in [0.5, 0.6) is 0 Å². The van der Waals surface area contributed by atoms with Gasteiger partial charge in [-0.05, 0) is 34.9 Å². The number of unbranched alkanes of at least 4 members (excludes halogenated alkanes) is 1. The summed E-state index contributed by atoms with van der Waals surface area (Å²) in [5, 5.41) is 24.1. The normalized spacial score (nSPS) is 11.0. The summed E-state index contributed by atoms with van der Waals surface area (Å²) >= 11 is 0. The second-order valence-electron chi connectivity index (χ2n) is 7.24. The lowest BCUT2D eigenvalue weighted by Crippen LogP contribution is -2.13. The number of aromatic nitrogens is 6. The summed E-state index contributed by atoms with van der Waals surface area (Å²) in [4.78, 5) is 17.0. The number of imidazole rings is 1. The van der Waals surface area contributed by atoms with Crippen LogP contribution in [0.4, 0.5) is 0 Å². The first kappa shape index (κ1) is 21.4. The molecule has 32 heavy (non-hydrogen) atoms. The van der Waals surface area contributed by atoms with Crippen LogP contribution in [-0.4, -0.2) is 48.4 Å². The van der Waals surface area contributed by atoms with Crippen LogP contribution in [0, 0.1) is 0 Å². The summed E-state index contributed by atoms with van der Waals surface area (Å²) in [5.74, 6) is 0.703. The van der Waals surface area contributed by atoms with Crippen molar-refractivity contribution in [2.75, 3.05) is 7.11 Å². The number of ether oxygens (including phenoxy) is 1. The van der Waals surface area contributed by atoms with Gasteiger partial charge in [-0.2, -0.15) is 5.21 Å². The van der Waals surface area contributed by atoms with Crippen molar-refractivity contribution in [2.24, 2.45) is 0 Å². The van der Waals surface area contributed by atoms with Gasteiger partial charge in [0.15, 0.2) is 5.69 Å². The second-order valence-corrected chi connectivity index (χ2v) is 7.24. The molecule has 0 aliphatic rings. The Hall–Kier alpha value is -3.85. The van der Waals surface area contributed by atoms with Crippen LogP contribution in [0.2, 0.25) is 0 Å². The number of carbonyl (C=O) groups is 1. The minimum atomic E-state index is -0.532.